The molecule has 0 N–H and O–H groups in total. The molecule has 3 nitrogen and oxygen atoms in total. The Morgan fingerprint density at radius 2 is 1.92 bits per heavy atom. The second-order valence-corrected chi connectivity index (χ2v) is 8.70. The third kappa shape index (κ3) is 5.17. The second-order valence-electron chi connectivity index (χ2n) is 7.62. The van der Waals surface area contributed by atoms with Crippen LogP contribution >= 0.6 is 11.3 Å². The number of carbonyl (C=O) groups excluding carboxylic acids is 1. The molecule has 5 heteroatoms. The van der Waals surface area contributed by atoms with Gasteiger partial charge in [0.15, 0.2) is 0 Å². The summed E-state index contributed by atoms with van der Waals surface area (Å²) < 4.78 is 7.83. The number of halogens is 1. The van der Waals surface area contributed by atoms with Crippen LogP contribution in [0.4, 0.5) is 0 Å². The zero-order valence-electron chi connectivity index (χ0n) is 15.3. The van der Waals surface area contributed by atoms with Crippen LogP contribution in [0.3, 0.4) is 0 Å². The summed E-state index contributed by atoms with van der Waals surface area (Å²) in [6.07, 6.45) is 6.56. The molecule has 1 saturated carbocycles. The van der Waals surface area contributed by atoms with Crippen molar-refractivity contribution in [3.8, 4) is 0 Å². The molecule has 138 valence electrons. The highest BCUT2D eigenvalue weighted by Crippen LogP contribution is 2.28. The molecule has 1 atom stereocenters. The molecule has 25 heavy (non-hydrogen) atoms. The lowest BCUT2D eigenvalue weighted by atomic mass is 9.93. The van der Waals surface area contributed by atoms with Crippen molar-refractivity contribution in [1.29, 1.82) is 0 Å². The number of carbonyl (C=O) groups is 1. The minimum Gasteiger partial charge on any atom is -1.00 e. The van der Waals surface area contributed by atoms with E-state index in [0.717, 1.165) is 21.1 Å². The quantitative estimate of drug-likeness (QED) is 0.377. The number of benzene rings is 1. The van der Waals surface area contributed by atoms with E-state index in [1.165, 1.54) is 43.4 Å². The van der Waals surface area contributed by atoms with Crippen LogP contribution in [-0.4, -0.2) is 43.2 Å². The zero-order chi connectivity index (χ0) is 17.2. The highest BCUT2D eigenvalue weighted by Gasteiger charge is 2.32. The van der Waals surface area contributed by atoms with E-state index >= 15 is 0 Å². The number of hydrogen-bond donors (Lipinski definition) is 0. The Hall–Kier alpha value is -0.660. The van der Waals surface area contributed by atoms with E-state index in [0.29, 0.717) is 10.9 Å². The molecule has 1 heterocycles. The Morgan fingerprint density at radius 3 is 2.60 bits per heavy atom. The standard InChI is InChI=1S/C20H28NO2S.HI/c1-15(14-21(2,3)17-10-5-4-6-11-17)23-20(22)19-13-16-9-7-8-12-18(16)24-19;/h7-9,12-13,15,17H,4-6,10-11,14H2,1-3H3;1H/q+1;/p-1. The van der Waals surface area contributed by atoms with Gasteiger partial charge in [-0.3, -0.25) is 0 Å². The summed E-state index contributed by atoms with van der Waals surface area (Å²) in [7, 11) is 4.56. The molecule has 3 rings (SSSR count). The summed E-state index contributed by atoms with van der Waals surface area (Å²) in [6, 6.07) is 10.7. The minimum absolute atomic E-state index is 0. The van der Waals surface area contributed by atoms with Gasteiger partial charge in [-0.15, -0.1) is 11.3 Å². The number of ether oxygens (including phenoxy) is 1. The molecule has 0 amide bonds. The van der Waals surface area contributed by atoms with Crippen LogP contribution < -0.4 is 24.0 Å². The molecule has 1 aliphatic rings. The third-order valence-corrected chi connectivity index (χ3v) is 6.32. The zero-order valence-corrected chi connectivity index (χ0v) is 18.3. The average Bonchev–Trinajstić information content (AvgIpc) is 2.99. The number of likely N-dealkylation sites (N-methyl/N-ethyl adjacent to an activating group) is 1. The fourth-order valence-corrected chi connectivity index (χ4v) is 4.90. The summed E-state index contributed by atoms with van der Waals surface area (Å²) in [5.41, 5.74) is 0. The van der Waals surface area contributed by atoms with Gasteiger partial charge >= 0.3 is 5.97 Å². The van der Waals surface area contributed by atoms with Gasteiger partial charge in [0.1, 0.15) is 17.5 Å². The van der Waals surface area contributed by atoms with Crippen molar-refractivity contribution < 1.29 is 38.0 Å². The Labute approximate surface area is 172 Å². The van der Waals surface area contributed by atoms with Crippen LogP contribution in [-0.2, 0) is 4.74 Å². The van der Waals surface area contributed by atoms with E-state index in [4.69, 9.17) is 4.74 Å². The van der Waals surface area contributed by atoms with Gasteiger partial charge in [0, 0.05) is 4.70 Å². The van der Waals surface area contributed by atoms with E-state index in [2.05, 4.69) is 14.1 Å². The van der Waals surface area contributed by atoms with E-state index in [1.807, 2.05) is 37.3 Å². The molecule has 0 radical (unpaired) electrons. The molecule has 1 fully saturated rings. The van der Waals surface area contributed by atoms with Crippen LogP contribution in [0.2, 0.25) is 0 Å². The summed E-state index contributed by atoms with van der Waals surface area (Å²) in [6.45, 7) is 2.90. The van der Waals surface area contributed by atoms with Gasteiger partial charge in [-0.2, -0.15) is 0 Å². The highest BCUT2D eigenvalue weighted by molar-refractivity contribution is 7.20. The van der Waals surface area contributed by atoms with Gasteiger partial charge in [-0.05, 0) is 50.1 Å². The summed E-state index contributed by atoms with van der Waals surface area (Å²) >= 11 is 1.51. The normalized spacial score (nSPS) is 17.1. The Kier molecular flexibility index (Phi) is 7.29. The van der Waals surface area contributed by atoms with E-state index < -0.39 is 0 Å². The fraction of sp³-hybridized carbons (Fsp3) is 0.550. The second kappa shape index (κ2) is 8.82. The van der Waals surface area contributed by atoms with Crippen molar-refractivity contribution in [2.75, 3.05) is 20.6 Å². The largest absolute Gasteiger partial charge is 1.00 e. The maximum Gasteiger partial charge on any atom is 0.348 e. The number of nitrogens with zero attached hydrogens (tertiary/aromatic N) is 1. The predicted molar refractivity (Wildman–Crippen MR) is 101 cm³/mol. The Bertz CT molecular complexity index is 674. The number of rotatable bonds is 5. The molecule has 1 aromatic heterocycles. The first kappa shape index (κ1) is 20.6. The number of esters is 1. The molecular weight excluding hydrogens is 445 g/mol. The van der Waals surface area contributed by atoms with Crippen molar-refractivity contribution in [1.82, 2.24) is 0 Å². The fourth-order valence-electron chi connectivity index (χ4n) is 3.95. The van der Waals surface area contributed by atoms with Crippen LogP contribution in [0, 0.1) is 0 Å². The lowest BCUT2D eigenvalue weighted by Crippen LogP contribution is -3.00. The molecule has 1 unspecified atom stereocenters. The summed E-state index contributed by atoms with van der Waals surface area (Å²) in [4.78, 5) is 13.2. The topological polar surface area (TPSA) is 26.3 Å². The molecular formula is C20H28INO2S. The van der Waals surface area contributed by atoms with Crippen molar-refractivity contribution in [3.63, 3.8) is 0 Å². The molecule has 0 aliphatic heterocycles. The highest BCUT2D eigenvalue weighted by atomic mass is 127. The Morgan fingerprint density at radius 1 is 1.24 bits per heavy atom. The molecule has 1 aliphatic carbocycles. The lowest BCUT2D eigenvalue weighted by Gasteiger charge is -2.41. The van der Waals surface area contributed by atoms with Crippen LogP contribution in [0.25, 0.3) is 10.1 Å². The smallest absolute Gasteiger partial charge is 0.348 e. The molecule has 1 aromatic carbocycles. The Balaban J connectivity index is 0.00000225. The third-order valence-electron chi connectivity index (χ3n) is 5.23. The maximum absolute atomic E-state index is 12.5. The number of quaternary nitrogens is 1. The van der Waals surface area contributed by atoms with Gasteiger partial charge in [-0.25, -0.2) is 4.79 Å². The molecule has 2 aromatic rings. The van der Waals surface area contributed by atoms with Crippen LogP contribution in [0.1, 0.15) is 48.7 Å². The van der Waals surface area contributed by atoms with E-state index in [1.54, 1.807) is 0 Å². The molecule has 0 spiro atoms. The first-order chi connectivity index (χ1) is 11.5. The first-order valence-corrected chi connectivity index (χ1v) is 9.79. The maximum atomic E-state index is 12.5. The van der Waals surface area contributed by atoms with E-state index in [9.17, 15) is 4.79 Å². The van der Waals surface area contributed by atoms with Crippen LogP contribution in [0.15, 0.2) is 30.3 Å². The van der Waals surface area contributed by atoms with Crippen molar-refractivity contribution in [2.45, 2.75) is 51.2 Å². The van der Waals surface area contributed by atoms with Crippen molar-refractivity contribution in [2.24, 2.45) is 0 Å². The lowest BCUT2D eigenvalue weighted by molar-refractivity contribution is -0.918. The summed E-state index contributed by atoms with van der Waals surface area (Å²) in [5.74, 6) is -0.188. The SMILES string of the molecule is CC(C[N+](C)(C)C1CCCCC1)OC(=O)c1cc2ccccc2s1.[I-]. The molecule has 0 bridgehead atoms. The van der Waals surface area contributed by atoms with Gasteiger partial charge in [0.2, 0.25) is 0 Å². The van der Waals surface area contributed by atoms with Crippen molar-refractivity contribution >= 4 is 27.4 Å². The van der Waals surface area contributed by atoms with Crippen LogP contribution in [0.5, 0.6) is 0 Å². The monoisotopic (exact) mass is 473 g/mol. The number of thiophene rings is 1. The minimum atomic E-state index is -0.188. The first-order valence-electron chi connectivity index (χ1n) is 8.98. The summed E-state index contributed by atoms with van der Waals surface area (Å²) in [5, 5.41) is 1.11. The van der Waals surface area contributed by atoms with E-state index in [-0.39, 0.29) is 36.0 Å². The molecule has 0 saturated heterocycles. The van der Waals surface area contributed by atoms with Gasteiger partial charge in [0.05, 0.1) is 20.1 Å². The van der Waals surface area contributed by atoms with Gasteiger partial charge in [0.25, 0.3) is 0 Å². The number of hydrogen-bond acceptors (Lipinski definition) is 3. The van der Waals surface area contributed by atoms with Gasteiger partial charge in [-0.1, -0.05) is 24.6 Å². The predicted octanol–water partition coefficient (Wildman–Crippen LogP) is 1.86. The van der Waals surface area contributed by atoms with Crippen molar-refractivity contribution in [3.05, 3.63) is 35.2 Å². The average molecular weight is 473 g/mol. The van der Waals surface area contributed by atoms with Gasteiger partial charge < -0.3 is 33.2 Å². The number of fused-ring (bicyclic) bond motifs is 1.